The van der Waals surface area contributed by atoms with Gasteiger partial charge in [0.2, 0.25) is 0 Å². The molecule has 5 nitrogen and oxygen atoms in total. The molecule has 0 amide bonds. The van der Waals surface area contributed by atoms with Gasteiger partial charge >= 0.3 is 0 Å². The molecule has 1 heterocycles. The van der Waals surface area contributed by atoms with Gasteiger partial charge in [-0.25, -0.2) is 10.8 Å². The van der Waals surface area contributed by atoms with Gasteiger partial charge in [-0.05, 0) is 24.7 Å². The number of rotatable bonds is 5. The van der Waals surface area contributed by atoms with Crippen molar-refractivity contribution in [1.29, 1.82) is 0 Å². The van der Waals surface area contributed by atoms with E-state index in [0.29, 0.717) is 12.4 Å². The molecule has 0 aliphatic heterocycles. The number of nitrogens with two attached hydrogens (primary N) is 1. The number of hydrogen-bond acceptors (Lipinski definition) is 5. The first-order valence-corrected chi connectivity index (χ1v) is 6.25. The van der Waals surface area contributed by atoms with Crippen LogP contribution in [-0.2, 0) is 13.1 Å². The lowest BCUT2D eigenvalue weighted by molar-refractivity contribution is 0.314. The van der Waals surface area contributed by atoms with Gasteiger partial charge in [0.25, 0.3) is 0 Å². The minimum absolute atomic E-state index is 0.557. The molecule has 0 fully saturated rings. The predicted octanol–water partition coefficient (Wildman–Crippen LogP) is 2.05. The number of nitrogens with one attached hydrogen (secondary N) is 1. The van der Waals surface area contributed by atoms with E-state index in [4.69, 9.17) is 17.4 Å². The van der Waals surface area contributed by atoms with Crippen LogP contribution >= 0.6 is 11.6 Å². The second kappa shape index (κ2) is 6.47. The van der Waals surface area contributed by atoms with Crippen molar-refractivity contribution in [1.82, 2.24) is 14.9 Å². The molecule has 0 atom stereocenters. The Hall–Kier alpha value is -1.69. The third-order valence-electron chi connectivity index (χ3n) is 2.63. The van der Waals surface area contributed by atoms with E-state index in [1.165, 1.54) is 5.56 Å². The summed E-state index contributed by atoms with van der Waals surface area (Å²) in [6.45, 7) is 1.52. The number of halogens is 1. The number of nitrogen functional groups attached to an aromatic ring is 1. The molecule has 6 heteroatoms. The van der Waals surface area contributed by atoms with E-state index in [2.05, 4.69) is 26.4 Å². The molecule has 19 heavy (non-hydrogen) atoms. The summed E-state index contributed by atoms with van der Waals surface area (Å²) in [6, 6.07) is 7.84. The van der Waals surface area contributed by atoms with Crippen molar-refractivity contribution in [2.75, 3.05) is 12.5 Å². The summed E-state index contributed by atoms with van der Waals surface area (Å²) in [5, 5.41) is 0.754. The molecule has 1 aromatic carbocycles. The number of anilines is 1. The SMILES string of the molecule is CN(Cc1cccc(Cl)c1)Cc1cnc(NN)cn1. The highest BCUT2D eigenvalue weighted by Crippen LogP contribution is 2.13. The smallest absolute Gasteiger partial charge is 0.158 e. The lowest BCUT2D eigenvalue weighted by Crippen LogP contribution is -2.18. The van der Waals surface area contributed by atoms with Crippen molar-refractivity contribution in [2.24, 2.45) is 5.84 Å². The Labute approximate surface area is 117 Å². The number of nitrogens with zero attached hydrogens (tertiary/aromatic N) is 3. The largest absolute Gasteiger partial charge is 0.307 e. The first-order chi connectivity index (χ1) is 9.17. The monoisotopic (exact) mass is 277 g/mol. The zero-order valence-corrected chi connectivity index (χ0v) is 11.4. The van der Waals surface area contributed by atoms with Crippen LogP contribution in [0.25, 0.3) is 0 Å². The van der Waals surface area contributed by atoms with Gasteiger partial charge in [0.15, 0.2) is 5.82 Å². The maximum absolute atomic E-state index is 5.96. The molecule has 0 saturated carbocycles. The van der Waals surface area contributed by atoms with Crippen LogP contribution in [0.5, 0.6) is 0 Å². The summed E-state index contributed by atoms with van der Waals surface area (Å²) in [5.74, 6) is 5.80. The molecule has 2 rings (SSSR count). The molecule has 0 spiro atoms. The normalized spacial score (nSPS) is 10.7. The molecule has 0 aliphatic carbocycles. The zero-order chi connectivity index (χ0) is 13.7. The van der Waals surface area contributed by atoms with Gasteiger partial charge in [-0.15, -0.1) is 0 Å². The molecule has 1 aromatic heterocycles. The summed E-state index contributed by atoms with van der Waals surface area (Å²) >= 11 is 5.96. The Morgan fingerprint density at radius 2 is 2.11 bits per heavy atom. The van der Waals surface area contributed by atoms with Gasteiger partial charge in [0.1, 0.15) is 0 Å². The van der Waals surface area contributed by atoms with Crippen molar-refractivity contribution in [3.05, 3.63) is 52.9 Å². The van der Waals surface area contributed by atoms with Crippen molar-refractivity contribution in [3.63, 3.8) is 0 Å². The van der Waals surface area contributed by atoms with Gasteiger partial charge in [0.05, 0.1) is 18.1 Å². The third-order valence-corrected chi connectivity index (χ3v) is 2.86. The van der Waals surface area contributed by atoms with Crippen LogP contribution in [0.4, 0.5) is 5.82 Å². The average Bonchev–Trinajstić information content (AvgIpc) is 2.39. The standard InChI is InChI=1S/C13H16ClN5/c1-19(8-10-3-2-4-11(14)5-10)9-12-6-17-13(18-15)7-16-12/h2-7H,8-9,15H2,1H3,(H,17,18). The first-order valence-electron chi connectivity index (χ1n) is 5.88. The summed E-state index contributed by atoms with van der Waals surface area (Å²) in [7, 11) is 2.03. The van der Waals surface area contributed by atoms with Crippen LogP contribution in [0.1, 0.15) is 11.3 Å². The molecule has 0 aliphatic rings. The Morgan fingerprint density at radius 1 is 1.26 bits per heavy atom. The third kappa shape index (κ3) is 4.17. The van der Waals surface area contributed by atoms with E-state index < -0.39 is 0 Å². The lowest BCUT2D eigenvalue weighted by atomic mass is 10.2. The second-order valence-electron chi connectivity index (χ2n) is 4.34. The van der Waals surface area contributed by atoms with Gasteiger partial charge in [0, 0.05) is 18.1 Å². The highest BCUT2D eigenvalue weighted by molar-refractivity contribution is 6.30. The van der Waals surface area contributed by atoms with E-state index in [0.717, 1.165) is 17.3 Å². The van der Waals surface area contributed by atoms with Crippen LogP contribution in [0.2, 0.25) is 5.02 Å². The molecular weight excluding hydrogens is 262 g/mol. The fourth-order valence-electron chi connectivity index (χ4n) is 1.79. The maximum atomic E-state index is 5.96. The summed E-state index contributed by atoms with van der Waals surface area (Å²) in [4.78, 5) is 10.5. The summed E-state index contributed by atoms with van der Waals surface area (Å²) in [6.07, 6.45) is 3.33. The van der Waals surface area contributed by atoms with Gasteiger partial charge in [-0.1, -0.05) is 23.7 Å². The van der Waals surface area contributed by atoms with Crippen LogP contribution in [0, 0.1) is 0 Å². The second-order valence-corrected chi connectivity index (χ2v) is 4.78. The van der Waals surface area contributed by atoms with E-state index in [-0.39, 0.29) is 0 Å². The highest BCUT2D eigenvalue weighted by atomic mass is 35.5. The molecule has 2 aromatic rings. The lowest BCUT2D eigenvalue weighted by Gasteiger charge is -2.16. The van der Waals surface area contributed by atoms with Crippen molar-refractivity contribution in [3.8, 4) is 0 Å². The maximum Gasteiger partial charge on any atom is 0.158 e. The van der Waals surface area contributed by atoms with E-state index in [1.807, 2.05) is 25.2 Å². The Balaban J connectivity index is 1.95. The van der Waals surface area contributed by atoms with E-state index in [9.17, 15) is 0 Å². The molecule has 0 saturated heterocycles. The number of hydrazine groups is 1. The van der Waals surface area contributed by atoms with Gasteiger partial charge in [-0.3, -0.25) is 9.88 Å². The van der Waals surface area contributed by atoms with Crippen molar-refractivity contribution < 1.29 is 0 Å². The van der Waals surface area contributed by atoms with Crippen molar-refractivity contribution in [2.45, 2.75) is 13.1 Å². The average molecular weight is 278 g/mol. The quantitative estimate of drug-likeness (QED) is 0.647. The van der Waals surface area contributed by atoms with Crippen LogP contribution in [0.15, 0.2) is 36.7 Å². The van der Waals surface area contributed by atoms with Crippen LogP contribution in [-0.4, -0.2) is 21.9 Å². The highest BCUT2D eigenvalue weighted by Gasteiger charge is 2.04. The topological polar surface area (TPSA) is 67.1 Å². The number of benzene rings is 1. The molecule has 0 unspecified atom stereocenters. The number of aromatic nitrogens is 2. The first kappa shape index (κ1) is 13.7. The Morgan fingerprint density at radius 3 is 2.74 bits per heavy atom. The van der Waals surface area contributed by atoms with Crippen LogP contribution in [0.3, 0.4) is 0 Å². The molecule has 100 valence electrons. The van der Waals surface area contributed by atoms with E-state index >= 15 is 0 Å². The molecule has 0 bridgehead atoms. The summed E-state index contributed by atoms with van der Waals surface area (Å²) in [5.41, 5.74) is 4.51. The Bertz CT molecular complexity index is 529. The Kier molecular flexibility index (Phi) is 4.68. The predicted molar refractivity (Wildman–Crippen MR) is 76.5 cm³/mol. The summed E-state index contributed by atoms with van der Waals surface area (Å²) < 4.78 is 0. The van der Waals surface area contributed by atoms with Crippen molar-refractivity contribution >= 4 is 17.4 Å². The zero-order valence-electron chi connectivity index (χ0n) is 10.7. The van der Waals surface area contributed by atoms with E-state index in [1.54, 1.807) is 12.4 Å². The molecular formula is C13H16ClN5. The molecule has 0 radical (unpaired) electrons. The minimum atomic E-state index is 0.557. The molecule has 3 N–H and O–H groups in total. The minimum Gasteiger partial charge on any atom is -0.307 e. The van der Waals surface area contributed by atoms with Crippen LogP contribution < -0.4 is 11.3 Å². The van der Waals surface area contributed by atoms with Gasteiger partial charge < -0.3 is 5.43 Å². The number of hydrogen-bond donors (Lipinski definition) is 2. The fraction of sp³-hybridized carbons (Fsp3) is 0.231. The van der Waals surface area contributed by atoms with Gasteiger partial charge in [-0.2, -0.15) is 0 Å². The fourth-order valence-corrected chi connectivity index (χ4v) is 2.00.